The van der Waals surface area contributed by atoms with Gasteiger partial charge in [-0.1, -0.05) is 18.2 Å². The number of nitrogens with one attached hydrogen (secondary N) is 2. The highest BCUT2D eigenvalue weighted by Crippen LogP contribution is 2.20. The van der Waals surface area contributed by atoms with Crippen LogP contribution in [0, 0.1) is 0 Å². The Morgan fingerprint density at radius 1 is 1.30 bits per heavy atom. The van der Waals surface area contributed by atoms with Crippen molar-refractivity contribution in [2.45, 2.75) is 25.8 Å². The fraction of sp³-hybridized carbons (Fsp3) is 0.333. The number of benzene rings is 1. The van der Waals surface area contributed by atoms with Crippen molar-refractivity contribution in [2.24, 2.45) is 0 Å². The van der Waals surface area contributed by atoms with Gasteiger partial charge in [-0.05, 0) is 32.4 Å². The number of carbonyl (C=O) groups excluding carboxylic acids is 1. The molecule has 1 heterocycles. The highest BCUT2D eigenvalue weighted by molar-refractivity contribution is 5.99. The summed E-state index contributed by atoms with van der Waals surface area (Å²) in [5.41, 5.74) is 0.960. The molecule has 1 aromatic carbocycles. The van der Waals surface area contributed by atoms with Gasteiger partial charge in [0.25, 0.3) is 0 Å². The lowest BCUT2D eigenvalue weighted by atomic mass is 10.0. The molecule has 106 valence electrons. The second kappa shape index (κ2) is 5.88. The quantitative estimate of drug-likeness (QED) is 0.801. The summed E-state index contributed by atoms with van der Waals surface area (Å²) < 4.78 is 0. The number of amides is 2. The third-order valence-electron chi connectivity index (χ3n) is 3.07. The molecule has 0 radical (unpaired) electrons. The molecule has 0 unspecified atom stereocenters. The first kappa shape index (κ1) is 14.3. The number of hydrogen-bond donors (Lipinski definition) is 3. The van der Waals surface area contributed by atoms with E-state index in [1.807, 2.05) is 44.2 Å². The molecule has 5 nitrogen and oxygen atoms in total. The summed E-state index contributed by atoms with van der Waals surface area (Å²) in [5, 5.41) is 15.6. The molecular weight excluding hydrogens is 254 g/mol. The molecule has 0 atom stereocenters. The van der Waals surface area contributed by atoms with Crippen molar-refractivity contribution in [1.82, 2.24) is 10.3 Å². The Labute approximate surface area is 118 Å². The first-order valence-corrected chi connectivity index (χ1v) is 6.56. The van der Waals surface area contributed by atoms with E-state index in [0.717, 1.165) is 10.9 Å². The van der Waals surface area contributed by atoms with Gasteiger partial charge >= 0.3 is 6.03 Å². The summed E-state index contributed by atoms with van der Waals surface area (Å²) in [4.78, 5) is 16.3. The van der Waals surface area contributed by atoms with Crippen LogP contribution in [0.2, 0.25) is 0 Å². The maximum absolute atomic E-state index is 12.0. The summed E-state index contributed by atoms with van der Waals surface area (Å²) in [6, 6.07) is 9.13. The topological polar surface area (TPSA) is 74.2 Å². The number of carbonyl (C=O) groups is 1. The molecule has 0 saturated heterocycles. The van der Waals surface area contributed by atoms with Crippen LogP contribution in [0.3, 0.4) is 0 Å². The van der Waals surface area contributed by atoms with Crippen molar-refractivity contribution in [3.05, 3.63) is 36.5 Å². The maximum Gasteiger partial charge on any atom is 0.319 e. The van der Waals surface area contributed by atoms with Gasteiger partial charge in [0.05, 0.1) is 11.2 Å². The van der Waals surface area contributed by atoms with Crippen molar-refractivity contribution < 1.29 is 9.90 Å². The van der Waals surface area contributed by atoms with Crippen LogP contribution in [0.15, 0.2) is 36.5 Å². The van der Waals surface area contributed by atoms with Crippen molar-refractivity contribution in [2.75, 3.05) is 11.9 Å². The van der Waals surface area contributed by atoms with Gasteiger partial charge in [-0.15, -0.1) is 0 Å². The van der Waals surface area contributed by atoms with E-state index in [2.05, 4.69) is 15.6 Å². The lowest BCUT2D eigenvalue weighted by Crippen LogP contribution is -2.46. The zero-order valence-corrected chi connectivity index (χ0v) is 11.7. The normalized spacial score (nSPS) is 11.3. The van der Waals surface area contributed by atoms with Gasteiger partial charge in [0.2, 0.25) is 0 Å². The third kappa shape index (κ3) is 3.45. The van der Waals surface area contributed by atoms with Crippen molar-refractivity contribution >= 4 is 22.6 Å². The summed E-state index contributed by atoms with van der Waals surface area (Å²) in [5.74, 6) is 0. The van der Waals surface area contributed by atoms with E-state index in [-0.39, 0.29) is 12.6 Å². The number of urea groups is 1. The minimum Gasteiger partial charge on any atom is -0.396 e. The first-order chi connectivity index (χ1) is 9.52. The summed E-state index contributed by atoms with van der Waals surface area (Å²) in [6.45, 7) is 3.76. The van der Waals surface area contributed by atoms with E-state index in [1.54, 1.807) is 6.20 Å². The molecule has 2 amide bonds. The largest absolute Gasteiger partial charge is 0.396 e. The molecule has 0 aliphatic carbocycles. The molecule has 2 aromatic rings. The van der Waals surface area contributed by atoms with Gasteiger partial charge in [0.15, 0.2) is 0 Å². The van der Waals surface area contributed by atoms with Crippen LogP contribution in [0.1, 0.15) is 20.3 Å². The predicted octanol–water partition coefficient (Wildman–Crippen LogP) is 2.52. The smallest absolute Gasteiger partial charge is 0.319 e. The Balaban J connectivity index is 2.14. The molecule has 20 heavy (non-hydrogen) atoms. The highest BCUT2D eigenvalue weighted by atomic mass is 16.3. The monoisotopic (exact) mass is 273 g/mol. The van der Waals surface area contributed by atoms with E-state index in [4.69, 9.17) is 5.11 Å². The van der Waals surface area contributed by atoms with Crippen molar-refractivity contribution in [3.63, 3.8) is 0 Å². The number of fused-ring (bicyclic) bond motifs is 1. The summed E-state index contributed by atoms with van der Waals surface area (Å²) >= 11 is 0. The Kier molecular flexibility index (Phi) is 4.20. The zero-order valence-electron chi connectivity index (χ0n) is 11.7. The van der Waals surface area contributed by atoms with Crippen molar-refractivity contribution in [1.29, 1.82) is 0 Å². The molecule has 1 aromatic heterocycles. The van der Waals surface area contributed by atoms with Crippen LogP contribution < -0.4 is 10.6 Å². The molecule has 0 saturated carbocycles. The van der Waals surface area contributed by atoms with E-state index in [9.17, 15) is 4.79 Å². The molecule has 0 bridgehead atoms. The molecular formula is C15H19N3O2. The Bertz CT molecular complexity index is 606. The van der Waals surface area contributed by atoms with Gasteiger partial charge in [0.1, 0.15) is 0 Å². The minimum absolute atomic E-state index is 0.0309. The van der Waals surface area contributed by atoms with Crippen LogP contribution >= 0.6 is 0 Å². The molecule has 0 aliphatic heterocycles. The number of rotatable bonds is 4. The fourth-order valence-electron chi connectivity index (χ4n) is 2.01. The second-order valence-electron chi connectivity index (χ2n) is 5.32. The Morgan fingerprint density at radius 3 is 2.80 bits per heavy atom. The third-order valence-corrected chi connectivity index (χ3v) is 3.07. The standard InChI is InChI=1S/C15H19N3O2/c1-15(2,8-10-19)18-14(20)17-12-7-3-5-11-6-4-9-16-13(11)12/h3-7,9,19H,8,10H2,1-2H3,(H2,17,18,20). The number of pyridine rings is 1. The number of hydrogen-bond acceptors (Lipinski definition) is 3. The Morgan fingerprint density at radius 2 is 2.05 bits per heavy atom. The number of para-hydroxylation sites is 1. The van der Waals surface area contributed by atoms with Gasteiger partial charge in [0, 0.05) is 23.7 Å². The second-order valence-corrected chi connectivity index (χ2v) is 5.32. The first-order valence-electron chi connectivity index (χ1n) is 6.56. The highest BCUT2D eigenvalue weighted by Gasteiger charge is 2.19. The van der Waals surface area contributed by atoms with Gasteiger partial charge in [-0.25, -0.2) is 4.79 Å². The summed E-state index contributed by atoms with van der Waals surface area (Å²) in [6.07, 6.45) is 2.19. The minimum atomic E-state index is -0.461. The maximum atomic E-state index is 12.0. The zero-order chi connectivity index (χ0) is 14.6. The SMILES string of the molecule is CC(C)(CCO)NC(=O)Nc1cccc2cccnc12. The average molecular weight is 273 g/mol. The molecule has 0 spiro atoms. The Hall–Kier alpha value is -2.14. The number of aromatic nitrogens is 1. The average Bonchev–Trinajstić information content (AvgIpc) is 2.38. The molecule has 5 heteroatoms. The number of anilines is 1. The number of aliphatic hydroxyl groups excluding tert-OH is 1. The molecule has 2 rings (SSSR count). The van der Waals surface area contributed by atoms with E-state index in [0.29, 0.717) is 12.1 Å². The van der Waals surface area contributed by atoms with E-state index < -0.39 is 5.54 Å². The molecule has 3 N–H and O–H groups in total. The number of nitrogens with zero attached hydrogens (tertiary/aromatic N) is 1. The van der Waals surface area contributed by atoms with Gasteiger partial charge in [-0.2, -0.15) is 0 Å². The van der Waals surface area contributed by atoms with E-state index in [1.165, 1.54) is 0 Å². The summed E-state index contributed by atoms with van der Waals surface area (Å²) in [7, 11) is 0. The van der Waals surface area contributed by atoms with Crippen molar-refractivity contribution in [3.8, 4) is 0 Å². The lowest BCUT2D eigenvalue weighted by Gasteiger charge is -2.25. The van der Waals surface area contributed by atoms with Crippen LogP contribution in [0.4, 0.5) is 10.5 Å². The van der Waals surface area contributed by atoms with E-state index >= 15 is 0 Å². The van der Waals surface area contributed by atoms with Crippen LogP contribution in [-0.2, 0) is 0 Å². The molecule has 0 fully saturated rings. The molecule has 0 aliphatic rings. The number of aliphatic hydroxyl groups is 1. The van der Waals surface area contributed by atoms with Crippen LogP contribution in [0.5, 0.6) is 0 Å². The van der Waals surface area contributed by atoms with Crippen LogP contribution in [0.25, 0.3) is 10.9 Å². The van der Waals surface area contributed by atoms with Gasteiger partial charge < -0.3 is 15.7 Å². The lowest BCUT2D eigenvalue weighted by molar-refractivity contribution is 0.218. The van der Waals surface area contributed by atoms with Gasteiger partial charge in [-0.3, -0.25) is 4.98 Å². The van der Waals surface area contributed by atoms with Crippen LogP contribution in [-0.4, -0.2) is 28.3 Å². The fourth-order valence-corrected chi connectivity index (χ4v) is 2.01. The predicted molar refractivity (Wildman–Crippen MR) is 79.7 cm³/mol.